The third-order valence-electron chi connectivity index (χ3n) is 5.87. The Morgan fingerprint density at radius 3 is 2.84 bits per heavy atom. The largest absolute Gasteiger partial charge is 0.373 e. The van der Waals surface area contributed by atoms with Gasteiger partial charge in [-0.25, -0.2) is 4.98 Å². The van der Waals surface area contributed by atoms with Crippen LogP contribution in [0.5, 0.6) is 0 Å². The highest BCUT2D eigenvalue weighted by molar-refractivity contribution is 9.10. The fraction of sp³-hybridized carbons (Fsp3) is 0.308. The number of rotatable bonds is 5. The summed E-state index contributed by atoms with van der Waals surface area (Å²) in [5, 5.41) is 3.97. The molecule has 4 rings (SSSR count). The number of hydrogen-bond acceptors (Lipinski definition) is 4. The molecule has 0 bridgehead atoms. The molecule has 0 spiro atoms. The van der Waals surface area contributed by atoms with Gasteiger partial charge in [0.2, 0.25) is 0 Å². The van der Waals surface area contributed by atoms with Gasteiger partial charge in [0.1, 0.15) is 0 Å². The van der Waals surface area contributed by atoms with E-state index in [-0.39, 0.29) is 18.1 Å². The lowest BCUT2D eigenvalue weighted by Gasteiger charge is -2.34. The van der Waals surface area contributed by atoms with E-state index in [1.165, 1.54) is 5.56 Å². The number of carbonyl (C=O) groups excluding carboxylic acids is 1. The molecule has 32 heavy (non-hydrogen) atoms. The zero-order valence-electron chi connectivity index (χ0n) is 18.6. The maximum atomic E-state index is 13.3. The van der Waals surface area contributed by atoms with E-state index in [4.69, 9.17) is 9.72 Å². The molecule has 0 aliphatic carbocycles. The molecule has 1 aliphatic heterocycles. The summed E-state index contributed by atoms with van der Waals surface area (Å²) in [5.41, 5.74) is 4.46. The minimum absolute atomic E-state index is 0.0297. The van der Waals surface area contributed by atoms with Gasteiger partial charge in [-0.3, -0.25) is 4.79 Å². The van der Waals surface area contributed by atoms with Gasteiger partial charge in [-0.2, -0.15) is 0 Å². The number of hydrogen-bond donors (Lipinski definition) is 1. The molecular formula is C26H28BrN3O2. The van der Waals surface area contributed by atoms with E-state index in [1.807, 2.05) is 55.5 Å². The molecule has 0 saturated carbocycles. The summed E-state index contributed by atoms with van der Waals surface area (Å²) in [6, 6.07) is 15.8. The lowest BCUT2D eigenvalue weighted by Crippen LogP contribution is -2.51. The minimum Gasteiger partial charge on any atom is -0.373 e. The van der Waals surface area contributed by atoms with Crippen molar-refractivity contribution in [1.82, 2.24) is 15.2 Å². The van der Waals surface area contributed by atoms with Crippen LogP contribution >= 0.6 is 15.9 Å². The lowest BCUT2D eigenvalue weighted by atomic mass is 10.0. The monoisotopic (exact) mass is 493 g/mol. The van der Waals surface area contributed by atoms with Gasteiger partial charge in [-0.1, -0.05) is 46.3 Å². The van der Waals surface area contributed by atoms with Crippen LogP contribution in [0.15, 0.2) is 53.0 Å². The van der Waals surface area contributed by atoms with E-state index in [2.05, 4.69) is 52.3 Å². The van der Waals surface area contributed by atoms with Crippen LogP contribution in [0, 0.1) is 6.92 Å². The number of amides is 1. The van der Waals surface area contributed by atoms with Crippen LogP contribution in [0.3, 0.4) is 0 Å². The van der Waals surface area contributed by atoms with Crippen LogP contribution in [0.4, 0.5) is 0 Å². The molecule has 6 heteroatoms. The summed E-state index contributed by atoms with van der Waals surface area (Å²) in [6.45, 7) is 6.47. The predicted molar refractivity (Wildman–Crippen MR) is 134 cm³/mol. The molecule has 1 N–H and O–H groups in total. The summed E-state index contributed by atoms with van der Waals surface area (Å²) in [5.74, 6) is -0.120. The van der Waals surface area contributed by atoms with Crippen molar-refractivity contribution >= 4 is 44.9 Å². The first-order valence-corrected chi connectivity index (χ1v) is 11.6. The highest BCUT2D eigenvalue weighted by Gasteiger charge is 2.25. The Bertz CT molecular complexity index is 1160. The zero-order chi connectivity index (χ0) is 22.7. The Hall–Kier alpha value is -2.54. The first-order valence-electron chi connectivity index (χ1n) is 10.9. The van der Waals surface area contributed by atoms with Crippen molar-refractivity contribution < 1.29 is 9.53 Å². The van der Waals surface area contributed by atoms with Gasteiger partial charge in [0.05, 0.1) is 35.5 Å². The molecule has 0 radical (unpaired) electrons. The van der Waals surface area contributed by atoms with Gasteiger partial charge in [0.25, 0.3) is 5.91 Å². The van der Waals surface area contributed by atoms with Crippen molar-refractivity contribution in [3.8, 4) is 0 Å². The Morgan fingerprint density at radius 2 is 2.06 bits per heavy atom. The van der Waals surface area contributed by atoms with Crippen molar-refractivity contribution in [3.05, 3.63) is 75.4 Å². The molecule has 1 saturated heterocycles. The normalized spacial score (nSPS) is 18.2. The number of ether oxygens (including phenoxy) is 1. The van der Waals surface area contributed by atoms with Crippen molar-refractivity contribution in [2.45, 2.75) is 26.0 Å². The molecule has 166 valence electrons. The zero-order valence-corrected chi connectivity index (χ0v) is 20.2. The number of carbonyl (C=O) groups is 1. The van der Waals surface area contributed by atoms with Crippen LogP contribution in [0.1, 0.15) is 34.1 Å². The minimum atomic E-state index is -0.120. The predicted octanol–water partition coefficient (Wildman–Crippen LogP) is 4.93. The number of halogens is 1. The molecule has 3 aromatic rings. The summed E-state index contributed by atoms with van der Waals surface area (Å²) in [7, 11) is 2.07. The van der Waals surface area contributed by atoms with Crippen molar-refractivity contribution in [2.75, 3.05) is 26.7 Å². The average Bonchev–Trinajstić information content (AvgIpc) is 2.78. The number of nitrogens with zero attached hydrogens (tertiary/aromatic N) is 2. The topological polar surface area (TPSA) is 54.5 Å². The quantitative estimate of drug-likeness (QED) is 0.547. The van der Waals surface area contributed by atoms with Gasteiger partial charge in [0, 0.05) is 22.9 Å². The smallest absolute Gasteiger partial charge is 0.252 e. The maximum absolute atomic E-state index is 13.3. The molecule has 1 aromatic heterocycles. The lowest BCUT2D eigenvalue weighted by molar-refractivity contribution is -0.0342. The van der Waals surface area contributed by atoms with Gasteiger partial charge in [-0.15, -0.1) is 0 Å². The number of fused-ring (bicyclic) bond motifs is 1. The molecule has 2 atom stereocenters. The van der Waals surface area contributed by atoms with Gasteiger partial charge >= 0.3 is 0 Å². The van der Waals surface area contributed by atoms with Crippen LogP contribution < -0.4 is 5.32 Å². The SMILES string of the molecule is Cc1ccccc1/C=C/c1cc(C(=O)NC(C)C2CN(C)CCO2)c2cc(Br)ccc2n1. The van der Waals surface area contributed by atoms with Crippen molar-refractivity contribution in [1.29, 1.82) is 0 Å². The third kappa shape index (κ3) is 5.26. The Morgan fingerprint density at radius 1 is 1.25 bits per heavy atom. The second kappa shape index (κ2) is 9.94. The molecule has 2 aromatic carbocycles. The molecule has 1 aliphatic rings. The van der Waals surface area contributed by atoms with Crippen LogP contribution in [0.25, 0.3) is 23.1 Å². The Labute approximate surface area is 197 Å². The van der Waals surface area contributed by atoms with Crippen LogP contribution in [-0.2, 0) is 4.74 Å². The van der Waals surface area contributed by atoms with E-state index >= 15 is 0 Å². The second-order valence-electron chi connectivity index (χ2n) is 8.38. The number of benzene rings is 2. The summed E-state index contributed by atoms with van der Waals surface area (Å²) < 4.78 is 6.80. The van der Waals surface area contributed by atoms with E-state index in [1.54, 1.807) is 0 Å². The summed E-state index contributed by atoms with van der Waals surface area (Å²) >= 11 is 3.52. The highest BCUT2D eigenvalue weighted by atomic mass is 79.9. The Balaban J connectivity index is 1.65. The van der Waals surface area contributed by atoms with Crippen LogP contribution in [0.2, 0.25) is 0 Å². The molecule has 1 fully saturated rings. The first-order chi connectivity index (χ1) is 15.4. The molecule has 2 heterocycles. The number of morpholine rings is 1. The second-order valence-corrected chi connectivity index (χ2v) is 9.30. The third-order valence-corrected chi connectivity index (χ3v) is 6.36. The molecule has 1 amide bonds. The van der Waals surface area contributed by atoms with Crippen LogP contribution in [-0.4, -0.2) is 54.7 Å². The average molecular weight is 494 g/mol. The van der Waals surface area contributed by atoms with Gasteiger partial charge < -0.3 is 15.0 Å². The van der Waals surface area contributed by atoms with Gasteiger partial charge in [-0.05, 0) is 62.4 Å². The summed E-state index contributed by atoms with van der Waals surface area (Å²) in [4.78, 5) is 20.3. The number of nitrogens with one attached hydrogen (secondary N) is 1. The van der Waals surface area contributed by atoms with E-state index < -0.39 is 0 Å². The standard InChI is InChI=1S/C26H28BrN3O2/c1-17-6-4-5-7-19(17)8-10-21-15-23(22-14-20(27)9-11-24(22)29-21)26(31)28-18(2)25-16-30(3)12-13-32-25/h4-11,14-15,18,25H,12-13,16H2,1-3H3,(H,28,31)/b10-8+. The highest BCUT2D eigenvalue weighted by Crippen LogP contribution is 2.24. The molecule has 5 nitrogen and oxygen atoms in total. The first kappa shape index (κ1) is 22.6. The fourth-order valence-electron chi connectivity index (χ4n) is 3.93. The Kier molecular flexibility index (Phi) is 7.04. The fourth-order valence-corrected chi connectivity index (χ4v) is 4.29. The van der Waals surface area contributed by atoms with Crippen molar-refractivity contribution in [3.63, 3.8) is 0 Å². The number of aromatic nitrogens is 1. The number of likely N-dealkylation sites (N-methyl/N-ethyl adjacent to an activating group) is 1. The van der Waals surface area contributed by atoms with E-state index in [0.717, 1.165) is 39.7 Å². The van der Waals surface area contributed by atoms with Crippen molar-refractivity contribution in [2.24, 2.45) is 0 Å². The number of pyridine rings is 1. The summed E-state index contributed by atoms with van der Waals surface area (Å²) in [6.07, 6.45) is 3.97. The molecule has 2 unspecified atom stereocenters. The molecular weight excluding hydrogens is 466 g/mol. The van der Waals surface area contributed by atoms with Gasteiger partial charge in [0.15, 0.2) is 0 Å². The van der Waals surface area contributed by atoms with E-state index in [9.17, 15) is 4.79 Å². The maximum Gasteiger partial charge on any atom is 0.252 e. The van der Waals surface area contributed by atoms with E-state index in [0.29, 0.717) is 12.2 Å². The number of aryl methyl sites for hydroxylation is 1.